The number of anilines is 8. The molecule has 4 aliphatic heterocycles. The van der Waals surface area contributed by atoms with E-state index in [2.05, 4.69) is 36.0 Å². The molecule has 0 saturated carbocycles. The van der Waals surface area contributed by atoms with Gasteiger partial charge in [0.15, 0.2) is 0 Å². The van der Waals surface area contributed by atoms with Crippen LogP contribution >= 0.6 is 15.9 Å². The summed E-state index contributed by atoms with van der Waals surface area (Å²) in [5.74, 6) is 0.166. The van der Waals surface area contributed by atoms with E-state index in [0.717, 1.165) is 75.3 Å². The number of para-hydroxylation sites is 8. The summed E-state index contributed by atoms with van der Waals surface area (Å²) in [6.45, 7) is 9.23. The average molecular weight is 1360 g/mol. The summed E-state index contributed by atoms with van der Waals surface area (Å²) in [5.41, 5.74) is 10.1. The summed E-state index contributed by atoms with van der Waals surface area (Å²) in [6, 6.07) is 67.8. The van der Waals surface area contributed by atoms with Crippen molar-refractivity contribution in [1.29, 1.82) is 0 Å². The third kappa shape index (κ3) is 18.2. The van der Waals surface area contributed by atoms with Crippen molar-refractivity contribution in [2.45, 2.75) is 86.9 Å². The maximum Gasteiger partial charge on any atom is 0.243 e. The number of nitrogens with zero attached hydrogens (tertiary/aromatic N) is 4. The van der Waals surface area contributed by atoms with E-state index in [9.17, 15) is 33.7 Å². The van der Waals surface area contributed by atoms with E-state index in [4.69, 9.17) is 5.11 Å². The van der Waals surface area contributed by atoms with Crippen LogP contribution < -0.4 is 17.2 Å². The molecule has 0 saturated heterocycles. The van der Waals surface area contributed by atoms with Crippen LogP contribution in [0.2, 0.25) is 0 Å². The van der Waals surface area contributed by atoms with Crippen LogP contribution in [0.5, 0.6) is 0 Å². The highest BCUT2D eigenvalue weighted by Crippen LogP contribution is 2.43. The Hall–Kier alpha value is -7.06. The molecule has 0 bridgehead atoms. The molecule has 22 heteroatoms. The van der Waals surface area contributed by atoms with Gasteiger partial charge in [0.2, 0.25) is 40.1 Å². The average Bonchev–Trinajstić information content (AvgIpc) is 0.798. The fourth-order valence-corrected chi connectivity index (χ4v) is 18.6. The molecule has 468 valence electrons. The number of unbranched alkanes of at least 4 members (excludes halogenated alkanes) is 1. The van der Waals surface area contributed by atoms with Gasteiger partial charge in [0.05, 0.1) is 67.0 Å². The molecule has 0 aromatic heterocycles. The van der Waals surface area contributed by atoms with Gasteiger partial charge in [0.1, 0.15) is 0 Å². The van der Waals surface area contributed by atoms with Gasteiger partial charge in [-0.2, -0.15) is 0 Å². The topological polar surface area (TPSA) is 170 Å². The van der Waals surface area contributed by atoms with Crippen LogP contribution in [0.1, 0.15) is 67.7 Å². The zero-order valence-corrected chi connectivity index (χ0v) is 56.0. The summed E-state index contributed by atoms with van der Waals surface area (Å²) in [6.07, 6.45) is 9.80. The van der Waals surface area contributed by atoms with E-state index in [1.807, 2.05) is 218 Å². The Morgan fingerprint density at radius 3 is 1.03 bits per heavy atom. The molecule has 8 aromatic rings. The summed E-state index contributed by atoms with van der Waals surface area (Å²) in [7, 11) is -13.5. The molecule has 13 nitrogen and oxygen atoms in total. The lowest BCUT2D eigenvalue weighted by Gasteiger charge is -2.35. The van der Waals surface area contributed by atoms with E-state index in [-0.39, 0.29) is 51.3 Å². The first-order chi connectivity index (χ1) is 42.0. The third-order valence-corrected chi connectivity index (χ3v) is 23.8. The Morgan fingerprint density at radius 1 is 0.418 bits per heavy atom. The number of sulfonamides is 4. The molecular weight excluding hydrogens is 1280 g/mol. The standard InChI is InChI=1S/C18H21NO2S.C17H19NO3S.C17H17NO2S.C14H13NO2S.C3H5Br.4B/c1-2-3-12-17-14-15-9-7-8-13-18(15)19(22(17,20)21)16-10-5-4-6-11-16;19-12-6-10-16-13-14-7-4-5-11-17(14)18(22(16,20)21)15-8-2-1-3-9-15;1-2-8-16-13-14-9-6-7-12-17(14)18(21(16,19)20)15-10-4-3-5-11-15;16-18(17)11-10-12-6-4-5-9-14(12)15(18)13-7-2-1-3-8-13;1-2-3-4;;;;/h4-11,13,17H,2-3,12,14H2,1H3;1-5,7-9,11,16,19H,6,10,12-13H2;2-7,9-12,16H,1,8,13H2;1-9H,10-11H2;2H,1,3H2;;;;. The van der Waals surface area contributed by atoms with Crippen LogP contribution in [0, 0.1) is 0 Å². The minimum atomic E-state index is -3.48. The second-order valence-corrected chi connectivity index (χ2v) is 29.8. The molecule has 0 amide bonds. The molecule has 0 spiro atoms. The normalized spacial score (nSPS) is 17.8. The largest absolute Gasteiger partial charge is 0.396 e. The van der Waals surface area contributed by atoms with E-state index >= 15 is 0 Å². The SMILES string of the molecule is C=CCBr.C=CCC1Cc2ccccc2N(c2ccccc2)S1(=O)=O.CCCCC1Cc2ccccc2N(c2ccccc2)S1(=O)=O.O=S1(=O)C(CCCO)Cc2ccccc2N1c1ccccc1.O=S1(=O)CCc2ccccc2N1c1ccccc1.[B].[B].[B].[B]. The highest BCUT2D eigenvalue weighted by Gasteiger charge is 2.41. The molecule has 12 rings (SSSR count). The van der Waals surface area contributed by atoms with Gasteiger partial charge in [-0.25, -0.2) is 50.9 Å². The second kappa shape index (κ2) is 35.7. The summed E-state index contributed by atoms with van der Waals surface area (Å²) in [4.78, 5) is 0. The summed E-state index contributed by atoms with van der Waals surface area (Å²) >= 11 is 3.13. The van der Waals surface area contributed by atoms with Crippen LogP contribution in [0.15, 0.2) is 244 Å². The van der Waals surface area contributed by atoms with Crippen molar-refractivity contribution in [3.63, 3.8) is 0 Å². The van der Waals surface area contributed by atoms with Crippen molar-refractivity contribution in [3.8, 4) is 0 Å². The number of halogens is 1. The van der Waals surface area contributed by atoms with Crippen LogP contribution in [-0.4, -0.2) is 106 Å². The van der Waals surface area contributed by atoms with Gasteiger partial charge >= 0.3 is 0 Å². The first kappa shape index (κ1) is 76.4. The fourth-order valence-electron chi connectivity index (χ4n) is 11.0. The lowest BCUT2D eigenvalue weighted by Crippen LogP contribution is -2.41. The van der Waals surface area contributed by atoms with Crippen molar-refractivity contribution < 1.29 is 38.8 Å². The van der Waals surface area contributed by atoms with Crippen LogP contribution in [0.25, 0.3) is 0 Å². The number of aliphatic hydroxyl groups is 1. The van der Waals surface area contributed by atoms with E-state index in [1.54, 1.807) is 12.2 Å². The number of hydrogen-bond donors (Lipinski definition) is 1. The molecule has 8 aromatic carbocycles. The van der Waals surface area contributed by atoms with Gasteiger partial charge in [-0.3, -0.25) is 0 Å². The van der Waals surface area contributed by atoms with E-state index < -0.39 is 50.6 Å². The quantitative estimate of drug-likeness (QED) is 0.0670. The molecule has 91 heavy (non-hydrogen) atoms. The smallest absolute Gasteiger partial charge is 0.243 e. The predicted octanol–water partition coefficient (Wildman–Crippen LogP) is 13.5. The Labute approximate surface area is 557 Å². The Morgan fingerprint density at radius 2 is 0.703 bits per heavy atom. The number of benzene rings is 8. The van der Waals surface area contributed by atoms with Crippen LogP contribution in [0.3, 0.4) is 0 Å². The van der Waals surface area contributed by atoms with Gasteiger partial charge in [-0.1, -0.05) is 193 Å². The molecule has 4 heterocycles. The van der Waals surface area contributed by atoms with Gasteiger partial charge < -0.3 is 5.11 Å². The Kier molecular flexibility index (Phi) is 29.9. The maximum atomic E-state index is 13.1. The zero-order valence-electron chi connectivity index (χ0n) is 51.1. The first-order valence-corrected chi connectivity index (χ1v) is 36.3. The number of fused-ring (bicyclic) bond motifs is 4. The Bertz CT molecular complexity index is 3910. The van der Waals surface area contributed by atoms with Crippen LogP contribution in [0.4, 0.5) is 45.5 Å². The highest BCUT2D eigenvalue weighted by atomic mass is 79.9. The van der Waals surface area contributed by atoms with Crippen molar-refractivity contribution >= 4 is 135 Å². The molecule has 1 N–H and O–H groups in total. The first-order valence-electron chi connectivity index (χ1n) is 29.1. The van der Waals surface area contributed by atoms with E-state index in [0.29, 0.717) is 62.0 Å². The van der Waals surface area contributed by atoms with Gasteiger partial charge in [-0.15, -0.1) is 13.2 Å². The summed E-state index contributed by atoms with van der Waals surface area (Å²) < 4.78 is 109. The maximum absolute atomic E-state index is 13.1. The number of aryl methyl sites for hydroxylation is 1. The van der Waals surface area contributed by atoms with E-state index in [1.165, 1.54) is 17.2 Å². The number of rotatable bonds is 13. The minimum absolute atomic E-state index is 0. The molecule has 3 atom stereocenters. The Balaban J connectivity index is 0.000000251. The lowest BCUT2D eigenvalue weighted by atomic mass is 10.0. The monoisotopic (exact) mass is 1350 g/mol. The predicted molar refractivity (Wildman–Crippen MR) is 384 cm³/mol. The number of allylic oxidation sites excluding steroid dienone is 2. The zero-order chi connectivity index (χ0) is 62.0. The van der Waals surface area contributed by atoms with Gasteiger partial charge in [-0.05, 0) is 146 Å². The number of hydrogen-bond acceptors (Lipinski definition) is 9. The number of aliphatic hydroxyl groups excluding tert-OH is 1. The van der Waals surface area contributed by atoms with Gasteiger partial charge in [0, 0.05) is 45.6 Å². The van der Waals surface area contributed by atoms with Crippen molar-refractivity contribution in [1.82, 2.24) is 0 Å². The molecule has 0 aliphatic carbocycles. The molecule has 0 fully saturated rings. The second-order valence-electron chi connectivity index (χ2n) is 21.1. The highest BCUT2D eigenvalue weighted by molar-refractivity contribution is 9.09. The molecule has 12 radical (unpaired) electrons. The molecule has 4 aliphatic rings. The molecule has 3 unspecified atom stereocenters. The minimum Gasteiger partial charge on any atom is -0.396 e. The van der Waals surface area contributed by atoms with Crippen molar-refractivity contribution in [2.75, 3.05) is 34.9 Å². The molecular formula is C69H75B4BrN4O9S4. The third-order valence-electron chi connectivity index (χ3n) is 15.2. The number of alkyl halides is 1. The summed E-state index contributed by atoms with van der Waals surface area (Å²) in [5, 5.41) is 8.66. The fraction of sp³-hybridized carbons (Fsp3) is 0.246. The van der Waals surface area contributed by atoms with Crippen molar-refractivity contribution in [2.24, 2.45) is 0 Å². The van der Waals surface area contributed by atoms with Crippen LogP contribution in [-0.2, 0) is 65.8 Å². The van der Waals surface area contributed by atoms with Crippen molar-refractivity contribution in [3.05, 3.63) is 266 Å². The van der Waals surface area contributed by atoms with Gasteiger partial charge in [0.25, 0.3) is 0 Å². The lowest BCUT2D eigenvalue weighted by molar-refractivity contribution is 0.283.